The zero-order chi connectivity index (χ0) is 23.4. The minimum absolute atomic E-state index is 0.0854. The summed E-state index contributed by atoms with van der Waals surface area (Å²) in [4.78, 5) is 14.6. The Hall–Kier alpha value is -2.68. The number of rotatable bonds is 6. The van der Waals surface area contributed by atoms with Gasteiger partial charge >= 0.3 is 12.4 Å². The van der Waals surface area contributed by atoms with Crippen LogP contribution in [0.2, 0.25) is 0 Å². The topological polar surface area (TPSA) is 47.9 Å². The first-order valence-electron chi connectivity index (χ1n) is 9.73. The number of hydrogen-bond acceptors (Lipinski definition) is 4. The van der Waals surface area contributed by atoms with Crippen LogP contribution in [0.25, 0.3) is 0 Å². The summed E-state index contributed by atoms with van der Waals surface area (Å²) in [6, 6.07) is 9.92. The molecule has 4 nitrogen and oxygen atoms in total. The first-order chi connectivity index (χ1) is 15.1. The second kappa shape index (κ2) is 9.85. The number of hydrogen-bond donors (Lipinski definition) is 0. The van der Waals surface area contributed by atoms with Crippen LogP contribution in [0.4, 0.5) is 26.3 Å². The maximum Gasteiger partial charge on any atom is 0.416 e. The number of benzene rings is 2. The SMILES string of the molecule is O=C=N[C@@H]1CCOC(OCCc2cc(C(F)(F)F)cc(C(F)(F)F)c2)[C@@H]1c1ccccc1. The average molecular weight is 459 g/mol. The summed E-state index contributed by atoms with van der Waals surface area (Å²) in [5.74, 6) is -0.473. The van der Waals surface area contributed by atoms with E-state index in [4.69, 9.17) is 9.47 Å². The number of nitrogens with zero attached hydrogens (tertiary/aromatic N) is 1. The van der Waals surface area contributed by atoms with Crippen molar-refractivity contribution in [3.05, 3.63) is 70.8 Å². The molecule has 0 aromatic heterocycles. The fourth-order valence-corrected chi connectivity index (χ4v) is 3.65. The Kier molecular flexibility index (Phi) is 7.38. The fraction of sp³-hybridized carbons (Fsp3) is 0.409. The monoisotopic (exact) mass is 459 g/mol. The van der Waals surface area contributed by atoms with Crippen molar-refractivity contribution in [2.45, 2.75) is 43.4 Å². The van der Waals surface area contributed by atoms with Crippen LogP contribution in [0.15, 0.2) is 53.5 Å². The van der Waals surface area contributed by atoms with E-state index in [9.17, 15) is 31.1 Å². The highest BCUT2D eigenvalue weighted by molar-refractivity contribution is 5.35. The molecule has 0 aliphatic carbocycles. The molecule has 0 spiro atoms. The Morgan fingerprint density at radius 1 is 1.00 bits per heavy atom. The van der Waals surface area contributed by atoms with Crippen LogP contribution in [0, 0.1) is 0 Å². The van der Waals surface area contributed by atoms with E-state index in [1.54, 1.807) is 30.3 Å². The Bertz CT molecular complexity index is 922. The van der Waals surface area contributed by atoms with Gasteiger partial charge in [-0.1, -0.05) is 30.3 Å². The summed E-state index contributed by atoms with van der Waals surface area (Å²) in [6.07, 6.45) is -8.93. The highest BCUT2D eigenvalue weighted by atomic mass is 19.4. The van der Waals surface area contributed by atoms with Crippen molar-refractivity contribution in [2.24, 2.45) is 4.99 Å². The second-order valence-corrected chi connectivity index (χ2v) is 7.29. The molecule has 1 aliphatic heterocycles. The number of halogens is 6. The molecule has 172 valence electrons. The molecule has 1 heterocycles. The third-order valence-corrected chi connectivity index (χ3v) is 5.13. The fourth-order valence-electron chi connectivity index (χ4n) is 3.65. The molecule has 2 aromatic carbocycles. The van der Waals surface area contributed by atoms with E-state index in [1.807, 2.05) is 0 Å². The summed E-state index contributed by atoms with van der Waals surface area (Å²) in [7, 11) is 0. The van der Waals surface area contributed by atoms with Gasteiger partial charge in [-0.05, 0) is 42.2 Å². The van der Waals surface area contributed by atoms with Crippen LogP contribution in [0.3, 0.4) is 0 Å². The Morgan fingerprint density at radius 2 is 1.62 bits per heavy atom. The third kappa shape index (κ3) is 5.97. The smallest absolute Gasteiger partial charge is 0.352 e. The van der Waals surface area contributed by atoms with Crippen LogP contribution in [0.1, 0.15) is 34.6 Å². The van der Waals surface area contributed by atoms with Gasteiger partial charge in [0.25, 0.3) is 0 Å². The normalized spacial score (nSPS) is 21.8. The van der Waals surface area contributed by atoms with Gasteiger partial charge in [0.15, 0.2) is 6.29 Å². The van der Waals surface area contributed by atoms with Crippen molar-refractivity contribution in [3.63, 3.8) is 0 Å². The third-order valence-electron chi connectivity index (χ3n) is 5.13. The van der Waals surface area contributed by atoms with E-state index in [0.29, 0.717) is 18.6 Å². The summed E-state index contributed by atoms with van der Waals surface area (Å²) in [6.45, 7) is 0.0375. The summed E-state index contributed by atoms with van der Waals surface area (Å²) < 4.78 is 89.6. The van der Waals surface area contributed by atoms with E-state index in [-0.39, 0.29) is 31.3 Å². The first-order valence-corrected chi connectivity index (χ1v) is 9.73. The summed E-state index contributed by atoms with van der Waals surface area (Å²) in [5.41, 5.74) is -2.14. The van der Waals surface area contributed by atoms with E-state index in [0.717, 1.165) is 5.56 Å². The molecule has 0 N–H and O–H groups in total. The molecule has 1 fully saturated rings. The lowest BCUT2D eigenvalue weighted by molar-refractivity contribution is -0.177. The van der Waals surface area contributed by atoms with Crippen molar-refractivity contribution in [1.82, 2.24) is 0 Å². The van der Waals surface area contributed by atoms with E-state index in [1.165, 1.54) is 6.08 Å². The van der Waals surface area contributed by atoms with Gasteiger partial charge in [-0.15, -0.1) is 0 Å². The average Bonchev–Trinajstić information content (AvgIpc) is 2.73. The van der Waals surface area contributed by atoms with Crippen molar-refractivity contribution in [2.75, 3.05) is 13.2 Å². The maximum atomic E-state index is 13.0. The Balaban J connectivity index is 1.78. The van der Waals surface area contributed by atoms with E-state index in [2.05, 4.69) is 4.99 Å². The molecule has 0 amide bonds. The van der Waals surface area contributed by atoms with Crippen molar-refractivity contribution in [1.29, 1.82) is 0 Å². The number of aliphatic imine (C=N–C) groups is 1. The lowest BCUT2D eigenvalue weighted by Gasteiger charge is -2.35. The Morgan fingerprint density at radius 3 is 2.19 bits per heavy atom. The quantitative estimate of drug-likeness (QED) is 0.325. The van der Waals surface area contributed by atoms with Crippen LogP contribution in [-0.2, 0) is 33.0 Å². The standard InChI is InChI=1S/C22H19F6NO3/c23-21(24,25)16-10-14(11-17(12-16)22(26,27)28)6-8-31-20-19(15-4-2-1-3-5-15)18(29-13-30)7-9-32-20/h1-5,10-12,18-20H,6-9H2/t18-,19-,20?/m1/s1. The highest BCUT2D eigenvalue weighted by Gasteiger charge is 2.38. The minimum atomic E-state index is -4.91. The minimum Gasteiger partial charge on any atom is -0.352 e. The molecular formula is C22H19F6NO3. The number of isocyanates is 1. The summed E-state index contributed by atoms with van der Waals surface area (Å²) in [5, 5.41) is 0. The number of alkyl halides is 6. The molecule has 3 atom stereocenters. The second-order valence-electron chi connectivity index (χ2n) is 7.29. The van der Waals surface area contributed by atoms with Crippen LogP contribution < -0.4 is 0 Å². The van der Waals surface area contributed by atoms with Gasteiger partial charge in [0, 0.05) is 0 Å². The molecule has 1 saturated heterocycles. The van der Waals surface area contributed by atoms with Gasteiger partial charge in [-0.25, -0.2) is 9.79 Å². The van der Waals surface area contributed by atoms with Crippen molar-refractivity contribution >= 4 is 6.08 Å². The lowest BCUT2D eigenvalue weighted by atomic mass is 9.87. The van der Waals surface area contributed by atoms with Gasteiger partial charge in [0.05, 0.1) is 36.3 Å². The summed E-state index contributed by atoms with van der Waals surface area (Å²) >= 11 is 0. The van der Waals surface area contributed by atoms with Crippen molar-refractivity contribution < 1.29 is 40.6 Å². The molecule has 2 aromatic rings. The number of ether oxygens (including phenoxy) is 2. The number of carbonyl (C=O) groups excluding carboxylic acids is 1. The zero-order valence-corrected chi connectivity index (χ0v) is 16.6. The van der Waals surface area contributed by atoms with Gasteiger partial charge in [0.1, 0.15) is 0 Å². The molecule has 3 rings (SSSR count). The predicted molar refractivity (Wildman–Crippen MR) is 102 cm³/mol. The molecule has 32 heavy (non-hydrogen) atoms. The van der Waals surface area contributed by atoms with Crippen molar-refractivity contribution in [3.8, 4) is 0 Å². The van der Waals surface area contributed by atoms with Gasteiger partial charge in [0.2, 0.25) is 6.08 Å². The molecule has 0 radical (unpaired) electrons. The molecule has 0 saturated carbocycles. The molecule has 0 bridgehead atoms. The van der Waals surface area contributed by atoms with Gasteiger partial charge < -0.3 is 9.47 Å². The molecule has 1 aliphatic rings. The zero-order valence-electron chi connectivity index (χ0n) is 16.6. The molecular weight excluding hydrogens is 440 g/mol. The van der Waals surface area contributed by atoms with Crippen LogP contribution in [-0.4, -0.2) is 31.6 Å². The van der Waals surface area contributed by atoms with Crippen LogP contribution >= 0.6 is 0 Å². The maximum absolute atomic E-state index is 13.0. The van der Waals surface area contributed by atoms with Gasteiger partial charge in [-0.2, -0.15) is 26.3 Å². The molecule has 10 heteroatoms. The lowest BCUT2D eigenvalue weighted by Crippen LogP contribution is -2.39. The Labute approximate surface area is 179 Å². The highest BCUT2D eigenvalue weighted by Crippen LogP contribution is 2.37. The largest absolute Gasteiger partial charge is 0.416 e. The predicted octanol–water partition coefficient (Wildman–Crippen LogP) is 5.52. The van der Waals surface area contributed by atoms with E-state index < -0.39 is 41.7 Å². The van der Waals surface area contributed by atoms with E-state index >= 15 is 0 Å². The van der Waals surface area contributed by atoms with Gasteiger partial charge in [-0.3, -0.25) is 0 Å². The first kappa shape index (κ1) is 24.0. The van der Waals surface area contributed by atoms with Crippen LogP contribution in [0.5, 0.6) is 0 Å². The molecule has 1 unspecified atom stereocenters.